The van der Waals surface area contributed by atoms with Crippen LogP contribution < -0.4 is 4.90 Å². The van der Waals surface area contributed by atoms with Gasteiger partial charge in [-0.2, -0.15) is 0 Å². The van der Waals surface area contributed by atoms with Gasteiger partial charge in [0.1, 0.15) is 5.82 Å². The molecule has 0 bridgehead atoms. The second-order valence-corrected chi connectivity index (χ2v) is 14.0. The maximum atomic E-state index is 4.72. The molecular weight excluding hydrogens is 655 g/mol. The average molecular weight is 688 g/mol. The number of anilines is 3. The monoisotopic (exact) mass is 687 g/mol. The van der Waals surface area contributed by atoms with Crippen LogP contribution in [-0.4, -0.2) is 9.55 Å². The Balaban J connectivity index is 0.994. The van der Waals surface area contributed by atoms with Crippen LogP contribution in [0.15, 0.2) is 188 Å². The Bertz CT molecular complexity index is 3210. The van der Waals surface area contributed by atoms with Gasteiger partial charge in [-0.15, -0.1) is 0 Å². The number of hydrogen-bond donors (Lipinski definition) is 0. The highest BCUT2D eigenvalue weighted by Gasteiger charge is 2.19. The minimum atomic E-state index is 0.933. The topological polar surface area (TPSA) is 21.1 Å². The number of nitrogens with zero attached hydrogens (tertiary/aromatic N) is 3. The number of rotatable bonds is 6. The zero-order chi connectivity index (χ0) is 35.6. The molecule has 0 aliphatic heterocycles. The van der Waals surface area contributed by atoms with Crippen molar-refractivity contribution in [1.82, 2.24) is 9.55 Å². The van der Waals surface area contributed by atoms with E-state index in [1.807, 2.05) is 12.3 Å². The van der Waals surface area contributed by atoms with Gasteiger partial charge in [0, 0.05) is 33.7 Å². The molecule has 0 radical (unpaired) electrons. The number of para-hydroxylation sites is 1. The molecule has 0 aliphatic rings. The fourth-order valence-corrected chi connectivity index (χ4v) is 8.49. The van der Waals surface area contributed by atoms with Crippen LogP contribution in [0.1, 0.15) is 11.1 Å². The van der Waals surface area contributed by atoms with E-state index in [1.54, 1.807) is 0 Å². The Morgan fingerprint density at radius 3 is 2.06 bits per heavy atom. The van der Waals surface area contributed by atoms with Gasteiger partial charge in [-0.3, -0.25) is 4.57 Å². The number of pyridine rings is 1. The molecule has 0 spiro atoms. The summed E-state index contributed by atoms with van der Waals surface area (Å²) in [4.78, 5) is 7.12. The highest BCUT2D eigenvalue weighted by molar-refractivity contribution is 6.25. The first-order valence-corrected chi connectivity index (χ1v) is 18.5. The molecule has 0 atom stereocenters. The molecule has 0 N–H and O–H groups in total. The predicted molar refractivity (Wildman–Crippen MR) is 230 cm³/mol. The molecular formula is C51H33N3. The Hall–Kier alpha value is -7.23. The summed E-state index contributed by atoms with van der Waals surface area (Å²) in [7, 11) is 0. The standard InChI is InChI=1S/C51H33N3/c1-2-13-40(14-3-1)53(48-33-39-11-4-5-15-42(39)44-16-6-7-17-45(44)48)41-27-24-37-31-34(21-23-38(37)32-41)20-22-35-26-29-47-51-43(35)28-25-36-12-10-18-46(50(36)51)54(47)49-19-8-9-30-52-49/h1-33H. The Morgan fingerprint density at radius 1 is 0.426 bits per heavy atom. The molecule has 252 valence electrons. The lowest BCUT2D eigenvalue weighted by molar-refractivity contribution is 1.08. The quantitative estimate of drug-likeness (QED) is 0.128. The van der Waals surface area contributed by atoms with Crippen molar-refractivity contribution >= 4 is 94.1 Å². The minimum absolute atomic E-state index is 0.933. The van der Waals surface area contributed by atoms with E-state index in [9.17, 15) is 0 Å². The molecule has 11 aromatic rings. The summed E-state index contributed by atoms with van der Waals surface area (Å²) >= 11 is 0. The molecule has 2 heterocycles. The number of fused-ring (bicyclic) bond motifs is 4. The van der Waals surface area contributed by atoms with E-state index in [4.69, 9.17) is 4.98 Å². The smallest absolute Gasteiger partial charge is 0.137 e. The lowest BCUT2D eigenvalue weighted by Gasteiger charge is -2.28. The molecule has 54 heavy (non-hydrogen) atoms. The van der Waals surface area contributed by atoms with Gasteiger partial charge in [-0.1, -0.05) is 133 Å². The summed E-state index contributed by atoms with van der Waals surface area (Å²) in [5, 5.41) is 12.4. The van der Waals surface area contributed by atoms with E-state index in [2.05, 4.69) is 198 Å². The lowest BCUT2D eigenvalue weighted by Crippen LogP contribution is -2.10. The molecule has 0 fully saturated rings. The second kappa shape index (κ2) is 12.2. The van der Waals surface area contributed by atoms with Crippen molar-refractivity contribution in [2.75, 3.05) is 4.90 Å². The van der Waals surface area contributed by atoms with E-state index in [0.29, 0.717) is 0 Å². The van der Waals surface area contributed by atoms with Crippen LogP contribution >= 0.6 is 0 Å². The van der Waals surface area contributed by atoms with Gasteiger partial charge in [0.25, 0.3) is 0 Å². The van der Waals surface area contributed by atoms with Crippen molar-refractivity contribution < 1.29 is 0 Å². The van der Waals surface area contributed by atoms with Crippen LogP contribution in [0.3, 0.4) is 0 Å². The fraction of sp³-hybridized carbons (Fsp3) is 0. The van der Waals surface area contributed by atoms with Crippen molar-refractivity contribution in [3.63, 3.8) is 0 Å². The van der Waals surface area contributed by atoms with Gasteiger partial charge in [0.15, 0.2) is 0 Å². The van der Waals surface area contributed by atoms with Gasteiger partial charge in [-0.05, 0) is 109 Å². The Morgan fingerprint density at radius 2 is 1.17 bits per heavy atom. The Labute approximate surface area is 312 Å². The van der Waals surface area contributed by atoms with E-state index in [0.717, 1.165) is 17.2 Å². The first-order chi connectivity index (χ1) is 26.8. The normalized spacial score (nSPS) is 12.0. The molecule has 11 rings (SSSR count). The van der Waals surface area contributed by atoms with Crippen molar-refractivity contribution in [1.29, 1.82) is 0 Å². The van der Waals surface area contributed by atoms with Crippen LogP contribution in [0.25, 0.3) is 82.9 Å². The average Bonchev–Trinajstić information content (AvgIpc) is 3.58. The number of hydrogen-bond acceptors (Lipinski definition) is 2. The summed E-state index contributed by atoms with van der Waals surface area (Å²) in [6.45, 7) is 0. The molecule has 9 aromatic carbocycles. The molecule has 0 amide bonds. The highest BCUT2D eigenvalue weighted by Crippen LogP contribution is 2.43. The first kappa shape index (κ1) is 30.4. The van der Waals surface area contributed by atoms with Crippen LogP contribution in [0.4, 0.5) is 17.1 Å². The number of aromatic nitrogens is 2. The molecule has 2 aromatic heterocycles. The van der Waals surface area contributed by atoms with Crippen molar-refractivity contribution in [3.05, 3.63) is 199 Å². The minimum Gasteiger partial charge on any atom is -0.310 e. The van der Waals surface area contributed by atoms with Crippen LogP contribution in [0.5, 0.6) is 0 Å². The summed E-state index contributed by atoms with van der Waals surface area (Å²) < 4.78 is 2.29. The van der Waals surface area contributed by atoms with E-state index in [1.165, 1.54) is 81.7 Å². The predicted octanol–water partition coefficient (Wildman–Crippen LogP) is 13.9. The third kappa shape index (κ3) is 4.79. The van der Waals surface area contributed by atoms with Crippen molar-refractivity contribution in [2.24, 2.45) is 0 Å². The van der Waals surface area contributed by atoms with E-state index < -0.39 is 0 Å². The highest BCUT2D eigenvalue weighted by atomic mass is 15.1. The largest absolute Gasteiger partial charge is 0.310 e. The summed E-state index contributed by atoms with van der Waals surface area (Å²) in [5.74, 6) is 0.933. The maximum Gasteiger partial charge on any atom is 0.137 e. The Kier molecular flexibility index (Phi) is 6.86. The SMILES string of the molecule is C(=Cc1ccc2c3c1ccc1cccc(c13)n2-c1ccccn1)c1ccc2cc(N(c3ccccc3)c3cc4ccccc4c4ccccc34)ccc2c1. The fourth-order valence-electron chi connectivity index (χ4n) is 8.49. The molecule has 0 aliphatic carbocycles. The molecule has 0 saturated carbocycles. The second-order valence-electron chi connectivity index (χ2n) is 14.0. The zero-order valence-electron chi connectivity index (χ0n) is 29.4. The number of benzene rings is 9. The maximum absolute atomic E-state index is 4.72. The van der Waals surface area contributed by atoms with Crippen molar-refractivity contribution in [2.45, 2.75) is 0 Å². The molecule has 3 nitrogen and oxygen atoms in total. The van der Waals surface area contributed by atoms with Crippen LogP contribution in [-0.2, 0) is 0 Å². The third-order valence-electron chi connectivity index (χ3n) is 10.9. The van der Waals surface area contributed by atoms with Gasteiger partial charge >= 0.3 is 0 Å². The molecule has 0 saturated heterocycles. The van der Waals surface area contributed by atoms with E-state index >= 15 is 0 Å². The lowest BCUT2D eigenvalue weighted by atomic mass is 9.97. The van der Waals surface area contributed by atoms with Gasteiger partial charge < -0.3 is 4.90 Å². The molecule has 0 unspecified atom stereocenters. The van der Waals surface area contributed by atoms with E-state index in [-0.39, 0.29) is 0 Å². The first-order valence-electron chi connectivity index (χ1n) is 18.5. The van der Waals surface area contributed by atoms with Gasteiger partial charge in [-0.25, -0.2) is 4.98 Å². The van der Waals surface area contributed by atoms with Crippen molar-refractivity contribution in [3.8, 4) is 5.82 Å². The van der Waals surface area contributed by atoms with Crippen LogP contribution in [0.2, 0.25) is 0 Å². The summed E-state index contributed by atoms with van der Waals surface area (Å²) in [6, 6.07) is 65.7. The molecule has 3 heteroatoms. The van der Waals surface area contributed by atoms with Gasteiger partial charge in [0.2, 0.25) is 0 Å². The third-order valence-corrected chi connectivity index (χ3v) is 10.9. The zero-order valence-corrected chi connectivity index (χ0v) is 29.4. The summed E-state index contributed by atoms with van der Waals surface area (Å²) in [6.07, 6.45) is 6.36. The summed E-state index contributed by atoms with van der Waals surface area (Å²) in [5.41, 5.74) is 8.14. The van der Waals surface area contributed by atoms with Crippen LogP contribution in [0, 0.1) is 0 Å². The van der Waals surface area contributed by atoms with Gasteiger partial charge in [0.05, 0.1) is 16.7 Å².